The van der Waals surface area contributed by atoms with Crippen LogP contribution in [0.5, 0.6) is 11.5 Å². The molecule has 0 radical (unpaired) electrons. The Morgan fingerprint density at radius 3 is 1.97 bits per heavy atom. The van der Waals surface area contributed by atoms with Crippen LogP contribution in [0.2, 0.25) is 0 Å². The number of methoxy groups -OCH3 is 1. The van der Waals surface area contributed by atoms with Crippen molar-refractivity contribution in [2.45, 2.75) is 20.0 Å². The molecule has 0 saturated carbocycles. The number of carbonyl (C=O) groups excluding carboxylic acids is 2. The van der Waals surface area contributed by atoms with E-state index in [9.17, 15) is 9.59 Å². The molecule has 0 N–H and O–H groups in total. The Morgan fingerprint density at radius 2 is 1.39 bits per heavy atom. The molecule has 3 aromatic rings. The number of likely N-dealkylation sites (N-methyl/N-ethyl adjacent to an activating group) is 1. The summed E-state index contributed by atoms with van der Waals surface area (Å²) in [6.45, 7) is 3.91. The van der Waals surface area contributed by atoms with Crippen LogP contribution >= 0.6 is 0 Å². The van der Waals surface area contributed by atoms with E-state index in [-0.39, 0.29) is 17.9 Å². The first kappa shape index (κ1) is 22.1. The Balaban J connectivity index is 1.80. The SMILES string of the molecule is COc1ccc(N2C(=O)C(c3ccc(OC(C)C)cc3)=C(N(C)c3ccccc3)C2=O)cc1. The Bertz CT molecular complexity index is 1180. The molecule has 0 aromatic heterocycles. The third-order valence-electron chi connectivity index (χ3n) is 5.38. The zero-order valence-electron chi connectivity index (χ0n) is 19.1. The quantitative estimate of drug-likeness (QED) is 0.487. The topological polar surface area (TPSA) is 59.1 Å². The number of rotatable bonds is 7. The molecule has 6 heteroatoms. The average Bonchev–Trinajstić information content (AvgIpc) is 3.09. The molecule has 4 rings (SSSR count). The minimum atomic E-state index is -0.381. The normalized spacial score (nSPS) is 13.7. The standard InChI is InChI=1S/C27H26N2O4/c1-18(2)33-23-14-10-19(11-15-23)24-25(28(3)20-8-6-5-7-9-20)27(31)29(26(24)30)21-12-16-22(32-4)17-13-21/h5-18H,1-4H3. The third kappa shape index (κ3) is 4.32. The van der Waals surface area contributed by atoms with Crippen LogP contribution in [0.3, 0.4) is 0 Å². The summed E-state index contributed by atoms with van der Waals surface area (Å²) in [6.07, 6.45) is 0.0371. The number of amides is 2. The van der Waals surface area contributed by atoms with Crippen molar-refractivity contribution in [1.29, 1.82) is 0 Å². The number of anilines is 2. The molecule has 0 saturated heterocycles. The lowest BCUT2D eigenvalue weighted by Gasteiger charge is -2.21. The highest BCUT2D eigenvalue weighted by Gasteiger charge is 2.42. The average molecular weight is 443 g/mol. The second kappa shape index (κ2) is 9.20. The van der Waals surface area contributed by atoms with Crippen LogP contribution in [0.15, 0.2) is 84.6 Å². The van der Waals surface area contributed by atoms with Gasteiger partial charge in [0.25, 0.3) is 11.8 Å². The molecule has 0 unspecified atom stereocenters. The van der Waals surface area contributed by atoms with Gasteiger partial charge in [0.1, 0.15) is 17.2 Å². The van der Waals surface area contributed by atoms with Crippen LogP contribution < -0.4 is 19.3 Å². The largest absolute Gasteiger partial charge is 0.497 e. The summed E-state index contributed by atoms with van der Waals surface area (Å²) in [6, 6.07) is 23.6. The lowest BCUT2D eigenvalue weighted by atomic mass is 10.0. The number of nitrogens with zero attached hydrogens (tertiary/aromatic N) is 2. The van der Waals surface area contributed by atoms with E-state index in [0.717, 1.165) is 5.69 Å². The van der Waals surface area contributed by atoms with Gasteiger partial charge < -0.3 is 14.4 Å². The molecule has 0 fully saturated rings. The van der Waals surface area contributed by atoms with Crippen LogP contribution in [0, 0.1) is 0 Å². The number of ether oxygens (including phenoxy) is 2. The highest BCUT2D eigenvalue weighted by molar-refractivity contribution is 6.46. The molecule has 6 nitrogen and oxygen atoms in total. The maximum absolute atomic E-state index is 13.6. The lowest BCUT2D eigenvalue weighted by Crippen LogP contribution is -2.34. The summed E-state index contributed by atoms with van der Waals surface area (Å²) >= 11 is 0. The highest BCUT2D eigenvalue weighted by Crippen LogP contribution is 2.37. The fourth-order valence-electron chi connectivity index (χ4n) is 3.81. The first-order chi connectivity index (χ1) is 15.9. The van der Waals surface area contributed by atoms with E-state index in [1.807, 2.05) is 68.4 Å². The Morgan fingerprint density at radius 1 is 0.788 bits per heavy atom. The molecular formula is C27H26N2O4. The maximum Gasteiger partial charge on any atom is 0.282 e. The first-order valence-corrected chi connectivity index (χ1v) is 10.7. The zero-order chi connectivity index (χ0) is 23.5. The van der Waals surface area contributed by atoms with Crippen LogP contribution in [0.25, 0.3) is 5.57 Å². The number of carbonyl (C=O) groups is 2. The fourth-order valence-corrected chi connectivity index (χ4v) is 3.81. The fraction of sp³-hybridized carbons (Fsp3) is 0.185. The van der Waals surface area contributed by atoms with Gasteiger partial charge >= 0.3 is 0 Å². The van der Waals surface area contributed by atoms with Gasteiger partial charge in [-0.3, -0.25) is 9.59 Å². The van der Waals surface area contributed by atoms with Crippen molar-refractivity contribution in [3.8, 4) is 11.5 Å². The van der Waals surface area contributed by atoms with E-state index in [1.54, 1.807) is 43.3 Å². The molecule has 0 atom stereocenters. The Labute approximate surface area is 193 Å². The van der Waals surface area contributed by atoms with E-state index < -0.39 is 0 Å². The Hall–Kier alpha value is -4.06. The molecule has 168 valence electrons. The summed E-state index contributed by atoms with van der Waals surface area (Å²) < 4.78 is 10.9. The van der Waals surface area contributed by atoms with Gasteiger partial charge in [-0.1, -0.05) is 30.3 Å². The minimum absolute atomic E-state index is 0.0371. The van der Waals surface area contributed by atoms with Gasteiger partial charge in [0.05, 0.1) is 24.5 Å². The maximum atomic E-state index is 13.6. The molecule has 33 heavy (non-hydrogen) atoms. The molecule has 2 amide bonds. The Kier molecular flexibility index (Phi) is 6.18. The number of benzene rings is 3. The van der Waals surface area contributed by atoms with Crippen molar-refractivity contribution >= 4 is 28.8 Å². The van der Waals surface area contributed by atoms with E-state index in [2.05, 4.69) is 0 Å². The van der Waals surface area contributed by atoms with Gasteiger partial charge in [0.15, 0.2) is 0 Å². The molecule has 0 aliphatic carbocycles. The van der Waals surface area contributed by atoms with E-state index in [1.165, 1.54) is 4.90 Å². The van der Waals surface area contributed by atoms with Crippen molar-refractivity contribution in [2.24, 2.45) is 0 Å². The summed E-state index contributed by atoms with van der Waals surface area (Å²) in [7, 11) is 3.37. The van der Waals surface area contributed by atoms with Crippen molar-refractivity contribution in [1.82, 2.24) is 0 Å². The smallest absolute Gasteiger partial charge is 0.282 e. The summed E-state index contributed by atoms with van der Waals surface area (Å²) in [5, 5.41) is 0. The number of para-hydroxylation sites is 1. The van der Waals surface area contributed by atoms with Crippen molar-refractivity contribution < 1.29 is 19.1 Å². The van der Waals surface area contributed by atoms with Crippen LogP contribution in [-0.2, 0) is 9.59 Å². The van der Waals surface area contributed by atoms with E-state index in [0.29, 0.717) is 34.0 Å². The summed E-state index contributed by atoms with van der Waals surface area (Å²) in [5.41, 5.74) is 2.61. The minimum Gasteiger partial charge on any atom is -0.497 e. The molecule has 1 heterocycles. The number of imide groups is 1. The summed E-state index contributed by atoms with van der Waals surface area (Å²) in [5.74, 6) is 0.596. The molecular weight excluding hydrogens is 416 g/mol. The summed E-state index contributed by atoms with van der Waals surface area (Å²) in [4.78, 5) is 30.2. The van der Waals surface area contributed by atoms with Crippen LogP contribution in [0.1, 0.15) is 19.4 Å². The van der Waals surface area contributed by atoms with Gasteiger partial charge in [-0.05, 0) is 67.9 Å². The van der Waals surface area contributed by atoms with Crippen LogP contribution in [-0.4, -0.2) is 32.1 Å². The second-order valence-corrected chi connectivity index (χ2v) is 7.95. The predicted molar refractivity (Wildman–Crippen MR) is 129 cm³/mol. The van der Waals surface area contributed by atoms with Gasteiger partial charge in [0, 0.05) is 12.7 Å². The van der Waals surface area contributed by atoms with Crippen molar-refractivity contribution in [2.75, 3.05) is 24.0 Å². The molecule has 0 spiro atoms. The number of hydrogen-bond donors (Lipinski definition) is 0. The molecule has 1 aliphatic rings. The third-order valence-corrected chi connectivity index (χ3v) is 5.38. The van der Waals surface area contributed by atoms with E-state index >= 15 is 0 Å². The van der Waals surface area contributed by atoms with Crippen molar-refractivity contribution in [3.63, 3.8) is 0 Å². The molecule has 0 bridgehead atoms. The first-order valence-electron chi connectivity index (χ1n) is 10.7. The van der Waals surface area contributed by atoms with E-state index in [4.69, 9.17) is 9.47 Å². The van der Waals surface area contributed by atoms with Gasteiger partial charge in [-0.25, -0.2) is 4.90 Å². The van der Waals surface area contributed by atoms with Crippen molar-refractivity contribution in [3.05, 3.63) is 90.1 Å². The van der Waals surface area contributed by atoms with Gasteiger partial charge in [-0.15, -0.1) is 0 Å². The lowest BCUT2D eigenvalue weighted by molar-refractivity contribution is -0.120. The van der Waals surface area contributed by atoms with Gasteiger partial charge in [-0.2, -0.15) is 0 Å². The monoisotopic (exact) mass is 442 g/mol. The second-order valence-electron chi connectivity index (χ2n) is 7.95. The van der Waals surface area contributed by atoms with Gasteiger partial charge in [0.2, 0.25) is 0 Å². The number of hydrogen-bond acceptors (Lipinski definition) is 5. The predicted octanol–water partition coefficient (Wildman–Crippen LogP) is 4.90. The molecule has 1 aliphatic heterocycles. The molecule has 3 aromatic carbocycles. The highest BCUT2D eigenvalue weighted by atomic mass is 16.5. The van der Waals surface area contributed by atoms with Crippen LogP contribution in [0.4, 0.5) is 11.4 Å². The zero-order valence-corrected chi connectivity index (χ0v) is 19.1.